The van der Waals surface area contributed by atoms with E-state index in [9.17, 15) is 4.79 Å². The molecule has 2 aliphatic heterocycles. The summed E-state index contributed by atoms with van der Waals surface area (Å²) >= 11 is 0. The molecule has 2 fully saturated rings. The second kappa shape index (κ2) is 4.74. The predicted octanol–water partition coefficient (Wildman–Crippen LogP) is 1.30. The van der Waals surface area contributed by atoms with Crippen LogP contribution in [0.25, 0.3) is 0 Å². The SMILES string of the molecule is O=C(O)c1ccc(CN2CCC3CCC(C2)N3)o1. The number of fused-ring (bicyclic) bond motifs is 2. The fraction of sp³-hybridized carbons (Fsp3) is 0.615. The lowest BCUT2D eigenvalue weighted by Crippen LogP contribution is -2.34. The van der Waals surface area contributed by atoms with Gasteiger partial charge in [0, 0.05) is 25.2 Å². The zero-order valence-corrected chi connectivity index (χ0v) is 10.3. The van der Waals surface area contributed by atoms with E-state index in [-0.39, 0.29) is 5.76 Å². The fourth-order valence-corrected chi connectivity index (χ4v) is 2.96. The van der Waals surface area contributed by atoms with Gasteiger partial charge in [-0.05, 0) is 31.4 Å². The molecule has 1 aromatic heterocycles. The number of furan rings is 1. The topological polar surface area (TPSA) is 65.7 Å². The number of rotatable bonds is 3. The summed E-state index contributed by atoms with van der Waals surface area (Å²) in [5.41, 5.74) is 0. The zero-order valence-electron chi connectivity index (χ0n) is 10.3. The highest BCUT2D eigenvalue weighted by molar-refractivity contribution is 5.84. The van der Waals surface area contributed by atoms with Gasteiger partial charge in [-0.3, -0.25) is 4.90 Å². The molecule has 0 spiro atoms. The lowest BCUT2D eigenvalue weighted by molar-refractivity contribution is 0.0658. The van der Waals surface area contributed by atoms with E-state index in [1.807, 2.05) is 0 Å². The van der Waals surface area contributed by atoms with E-state index in [4.69, 9.17) is 9.52 Å². The molecule has 2 atom stereocenters. The highest BCUT2D eigenvalue weighted by Crippen LogP contribution is 2.22. The van der Waals surface area contributed by atoms with Gasteiger partial charge in [-0.2, -0.15) is 0 Å². The van der Waals surface area contributed by atoms with E-state index in [2.05, 4.69) is 10.2 Å². The Morgan fingerprint density at radius 3 is 3.00 bits per heavy atom. The number of carboxylic acids is 1. The summed E-state index contributed by atoms with van der Waals surface area (Å²) in [6.45, 7) is 2.79. The average Bonchev–Trinajstić information content (AvgIpc) is 2.89. The lowest BCUT2D eigenvalue weighted by atomic mass is 10.1. The van der Waals surface area contributed by atoms with Crippen LogP contribution in [0.4, 0.5) is 0 Å². The van der Waals surface area contributed by atoms with Gasteiger partial charge in [-0.1, -0.05) is 0 Å². The van der Waals surface area contributed by atoms with Gasteiger partial charge in [0.05, 0.1) is 6.54 Å². The third-order valence-corrected chi connectivity index (χ3v) is 3.86. The van der Waals surface area contributed by atoms with Crippen LogP contribution in [0.15, 0.2) is 16.5 Å². The Morgan fingerprint density at radius 2 is 2.22 bits per heavy atom. The van der Waals surface area contributed by atoms with E-state index in [0.29, 0.717) is 18.6 Å². The molecule has 3 rings (SSSR count). The van der Waals surface area contributed by atoms with Crippen molar-refractivity contribution >= 4 is 5.97 Å². The Bertz CT molecular complexity index is 443. The van der Waals surface area contributed by atoms with Gasteiger partial charge < -0.3 is 14.8 Å². The number of hydrogen-bond donors (Lipinski definition) is 2. The first kappa shape index (κ1) is 11.7. The highest BCUT2D eigenvalue weighted by Gasteiger charge is 2.29. The maximum atomic E-state index is 10.7. The van der Waals surface area contributed by atoms with E-state index in [1.54, 1.807) is 6.07 Å². The van der Waals surface area contributed by atoms with E-state index in [1.165, 1.54) is 25.3 Å². The smallest absolute Gasteiger partial charge is 0.371 e. The lowest BCUT2D eigenvalue weighted by Gasteiger charge is -2.22. The average molecular weight is 250 g/mol. The normalized spacial score (nSPS) is 28.2. The molecule has 2 aliphatic rings. The number of likely N-dealkylation sites (tertiary alicyclic amines) is 1. The molecular weight excluding hydrogens is 232 g/mol. The number of aromatic carboxylic acids is 1. The molecular formula is C13H18N2O3. The van der Waals surface area contributed by atoms with Gasteiger partial charge in [-0.25, -0.2) is 4.79 Å². The van der Waals surface area contributed by atoms with Crippen LogP contribution < -0.4 is 5.32 Å². The molecule has 3 heterocycles. The molecule has 98 valence electrons. The van der Waals surface area contributed by atoms with Crippen molar-refractivity contribution in [2.75, 3.05) is 13.1 Å². The first-order chi connectivity index (χ1) is 8.70. The summed E-state index contributed by atoms with van der Waals surface area (Å²) in [5, 5.41) is 12.4. The van der Waals surface area contributed by atoms with Crippen LogP contribution in [0.3, 0.4) is 0 Å². The maximum Gasteiger partial charge on any atom is 0.371 e. The molecule has 0 saturated carbocycles. The van der Waals surface area contributed by atoms with Crippen molar-refractivity contribution in [3.05, 3.63) is 23.7 Å². The van der Waals surface area contributed by atoms with Gasteiger partial charge in [0.25, 0.3) is 0 Å². The quantitative estimate of drug-likeness (QED) is 0.846. The van der Waals surface area contributed by atoms with Crippen molar-refractivity contribution in [1.29, 1.82) is 0 Å². The Kier molecular flexibility index (Phi) is 3.09. The summed E-state index contributed by atoms with van der Waals surface area (Å²) in [5.74, 6) is -0.234. The molecule has 0 aliphatic carbocycles. The van der Waals surface area contributed by atoms with Crippen molar-refractivity contribution in [3.8, 4) is 0 Å². The first-order valence-electron chi connectivity index (χ1n) is 6.51. The van der Waals surface area contributed by atoms with Crippen LogP contribution in [0.5, 0.6) is 0 Å². The molecule has 0 aromatic carbocycles. The number of carbonyl (C=O) groups is 1. The largest absolute Gasteiger partial charge is 0.475 e. The van der Waals surface area contributed by atoms with Gasteiger partial charge in [-0.15, -0.1) is 0 Å². The van der Waals surface area contributed by atoms with Crippen molar-refractivity contribution in [2.45, 2.75) is 37.9 Å². The summed E-state index contributed by atoms with van der Waals surface area (Å²) < 4.78 is 5.31. The Hall–Kier alpha value is -1.33. The molecule has 5 nitrogen and oxygen atoms in total. The molecule has 2 bridgehead atoms. The van der Waals surface area contributed by atoms with Crippen molar-refractivity contribution in [1.82, 2.24) is 10.2 Å². The molecule has 18 heavy (non-hydrogen) atoms. The minimum absolute atomic E-state index is 0.0273. The standard InChI is InChI=1S/C13H18N2O3/c16-13(17)12-4-3-11(18-12)8-15-6-5-9-1-2-10(7-15)14-9/h3-4,9-10,14H,1-2,5-8H2,(H,16,17). The van der Waals surface area contributed by atoms with Crippen LogP contribution >= 0.6 is 0 Å². The molecule has 0 radical (unpaired) electrons. The summed E-state index contributed by atoms with van der Waals surface area (Å²) in [6.07, 6.45) is 3.71. The van der Waals surface area contributed by atoms with Crippen molar-refractivity contribution in [3.63, 3.8) is 0 Å². The molecule has 2 N–H and O–H groups in total. The fourth-order valence-electron chi connectivity index (χ4n) is 2.96. The Morgan fingerprint density at radius 1 is 1.39 bits per heavy atom. The summed E-state index contributed by atoms with van der Waals surface area (Å²) in [4.78, 5) is 13.1. The second-order valence-corrected chi connectivity index (χ2v) is 5.23. The van der Waals surface area contributed by atoms with Crippen LogP contribution in [0.2, 0.25) is 0 Å². The molecule has 5 heteroatoms. The van der Waals surface area contributed by atoms with Gasteiger partial charge in [0.15, 0.2) is 0 Å². The van der Waals surface area contributed by atoms with Crippen LogP contribution in [-0.4, -0.2) is 41.1 Å². The van der Waals surface area contributed by atoms with E-state index >= 15 is 0 Å². The predicted molar refractivity (Wildman–Crippen MR) is 65.5 cm³/mol. The maximum absolute atomic E-state index is 10.7. The van der Waals surface area contributed by atoms with E-state index < -0.39 is 5.97 Å². The summed E-state index contributed by atoms with van der Waals surface area (Å²) in [7, 11) is 0. The monoisotopic (exact) mass is 250 g/mol. The van der Waals surface area contributed by atoms with Gasteiger partial charge in [0.1, 0.15) is 5.76 Å². The Labute approximate surface area is 106 Å². The zero-order chi connectivity index (χ0) is 12.5. The van der Waals surface area contributed by atoms with Gasteiger partial charge in [0.2, 0.25) is 5.76 Å². The van der Waals surface area contributed by atoms with Crippen molar-refractivity contribution in [2.24, 2.45) is 0 Å². The second-order valence-electron chi connectivity index (χ2n) is 5.23. The number of carboxylic acid groups (broad SMARTS) is 1. The van der Waals surface area contributed by atoms with Crippen LogP contribution in [-0.2, 0) is 6.54 Å². The van der Waals surface area contributed by atoms with E-state index in [0.717, 1.165) is 18.8 Å². The van der Waals surface area contributed by atoms with Crippen molar-refractivity contribution < 1.29 is 14.3 Å². The van der Waals surface area contributed by atoms with Crippen LogP contribution in [0, 0.1) is 0 Å². The molecule has 2 unspecified atom stereocenters. The third kappa shape index (κ3) is 2.42. The number of nitrogens with one attached hydrogen (secondary N) is 1. The first-order valence-corrected chi connectivity index (χ1v) is 6.51. The van der Waals surface area contributed by atoms with Crippen LogP contribution in [0.1, 0.15) is 35.6 Å². The molecule has 2 saturated heterocycles. The minimum Gasteiger partial charge on any atom is -0.475 e. The third-order valence-electron chi connectivity index (χ3n) is 3.86. The minimum atomic E-state index is -1.00. The molecule has 1 aromatic rings. The Balaban J connectivity index is 1.63. The number of hydrogen-bond acceptors (Lipinski definition) is 4. The van der Waals surface area contributed by atoms with Gasteiger partial charge >= 0.3 is 5.97 Å². The number of nitrogens with zero attached hydrogens (tertiary/aromatic N) is 1. The molecule has 0 amide bonds. The summed E-state index contributed by atoms with van der Waals surface area (Å²) in [6, 6.07) is 4.55. The highest BCUT2D eigenvalue weighted by atomic mass is 16.4.